The minimum Gasteiger partial charge on any atom is -1.00 e. The average molecular weight is 137 g/mol. The van der Waals surface area contributed by atoms with Gasteiger partial charge in [0.1, 0.15) is 6.61 Å². The van der Waals surface area contributed by atoms with Crippen LogP contribution in [0.1, 0.15) is 14.8 Å². The van der Waals surface area contributed by atoms with Crippen LogP contribution >= 0.6 is 0 Å². The molecule has 0 amide bonds. The molecule has 0 radical (unpaired) electrons. The van der Waals surface area contributed by atoms with Gasteiger partial charge in [0, 0.05) is 6.92 Å². The maximum Gasteiger partial charge on any atom is 1.00 e. The quantitative estimate of drug-likeness (QED) is 0.242. The Labute approximate surface area is 77.8 Å². The molecule has 3 nitrogen and oxygen atoms in total. The largest absolute Gasteiger partial charge is 1.00 e. The Hall–Kier alpha value is -0.0400. The molecule has 0 saturated carbocycles. The van der Waals surface area contributed by atoms with Crippen molar-refractivity contribution in [1.82, 2.24) is 0 Å². The third-order valence-electron chi connectivity index (χ3n) is 0.519. The molecule has 0 aromatic rings. The van der Waals surface area contributed by atoms with Gasteiger partial charge in [-0.25, -0.2) is 0 Å². The average Bonchev–Trinajstić information content (AvgIpc) is 1.66. The van der Waals surface area contributed by atoms with Crippen LogP contribution in [-0.2, 0) is 9.53 Å². The van der Waals surface area contributed by atoms with E-state index in [1.165, 1.54) is 6.92 Å². The van der Waals surface area contributed by atoms with Crippen molar-refractivity contribution in [3.05, 3.63) is 0 Å². The zero-order valence-corrected chi connectivity index (χ0v) is 7.68. The summed E-state index contributed by atoms with van der Waals surface area (Å²) in [4.78, 5) is 9.99. The van der Waals surface area contributed by atoms with Crippen molar-refractivity contribution >= 4 is 5.97 Å². The second-order valence-electron chi connectivity index (χ2n) is 1.25. The van der Waals surface area contributed by atoms with Crippen LogP contribution in [-0.4, -0.2) is 12.6 Å². The minimum atomic E-state index is -0.333. The Morgan fingerprint density at radius 1 is 1.89 bits per heavy atom. The molecular weight excluding hydrogens is 129 g/mol. The molecule has 0 spiro atoms. The van der Waals surface area contributed by atoms with E-state index >= 15 is 0 Å². The van der Waals surface area contributed by atoms with Crippen molar-refractivity contribution in [2.24, 2.45) is 0 Å². The summed E-state index contributed by atoms with van der Waals surface area (Å²) in [7, 11) is 0. The van der Waals surface area contributed by atoms with Crippen LogP contribution in [0.5, 0.6) is 0 Å². The molecule has 0 saturated heterocycles. The number of ether oxygens (including phenoxy) is 1. The maximum atomic E-state index is 9.99. The molecule has 9 heavy (non-hydrogen) atoms. The normalized spacial score (nSPS) is 6.67. The van der Waals surface area contributed by atoms with Crippen molar-refractivity contribution in [3.63, 3.8) is 0 Å². The Morgan fingerprint density at radius 3 is 2.78 bits per heavy atom. The number of rotatable bonds is 2. The fourth-order valence-corrected chi connectivity index (χ4v) is 0.240. The first-order valence-corrected chi connectivity index (χ1v) is 2.27. The molecule has 0 aromatic carbocycles. The zero-order valence-electron chi connectivity index (χ0n) is 6.68. The van der Waals surface area contributed by atoms with Crippen molar-refractivity contribution < 1.29 is 40.5 Å². The molecule has 0 unspecified atom stereocenters. The predicted octanol–water partition coefficient (Wildman–Crippen LogP) is -2.42. The van der Waals surface area contributed by atoms with Gasteiger partial charge >= 0.3 is 35.5 Å². The molecule has 0 aliphatic carbocycles. The SMILES string of the molecule is CC(=O)OCCC#N.[H-].[Na+]. The van der Waals surface area contributed by atoms with Gasteiger partial charge in [-0.05, 0) is 0 Å². The van der Waals surface area contributed by atoms with E-state index in [0.29, 0.717) is 0 Å². The first kappa shape index (κ1) is 11.7. The monoisotopic (exact) mass is 137 g/mol. The fraction of sp³-hybridized carbons (Fsp3) is 0.600. The summed E-state index contributed by atoms with van der Waals surface area (Å²) in [6.45, 7) is 1.53. The Bertz CT molecular complexity index is 123. The van der Waals surface area contributed by atoms with Gasteiger partial charge in [0.2, 0.25) is 0 Å². The number of carbonyl (C=O) groups excluding carboxylic acids is 1. The summed E-state index contributed by atoms with van der Waals surface area (Å²) >= 11 is 0. The number of esters is 1. The Morgan fingerprint density at radius 2 is 2.44 bits per heavy atom. The van der Waals surface area contributed by atoms with E-state index in [2.05, 4.69) is 4.74 Å². The van der Waals surface area contributed by atoms with Gasteiger partial charge in [-0.15, -0.1) is 0 Å². The van der Waals surface area contributed by atoms with Gasteiger partial charge < -0.3 is 6.16 Å². The van der Waals surface area contributed by atoms with E-state index in [4.69, 9.17) is 5.26 Å². The van der Waals surface area contributed by atoms with E-state index in [1.54, 1.807) is 0 Å². The third-order valence-corrected chi connectivity index (χ3v) is 0.519. The molecule has 0 heterocycles. The first-order chi connectivity index (χ1) is 3.77. The molecule has 0 N–H and O–H groups in total. The van der Waals surface area contributed by atoms with E-state index in [9.17, 15) is 4.79 Å². The summed E-state index contributed by atoms with van der Waals surface area (Å²) < 4.78 is 4.42. The van der Waals surface area contributed by atoms with Crippen LogP contribution in [0.2, 0.25) is 0 Å². The van der Waals surface area contributed by atoms with Gasteiger partial charge in [0.25, 0.3) is 0 Å². The van der Waals surface area contributed by atoms with Gasteiger partial charge in [-0.2, -0.15) is 5.26 Å². The molecule has 0 aliphatic heterocycles. The second-order valence-corrected chi connectivity index (χ2v) is 1.25. The van der Waals surface area contributed by atoms with Crippen LogP contribution in [0, 0.1) is 11.3 Å². The Balaban J connectivity index is -0.000000245. The first-order valence-electron chi connectivity index (χ1n) is 2.27. The van der Waals surface area contributed by atoms with E-state index in [0.717, 1.165) is 0 Å². The summed E-state index contributed by atoms with van der Waals surface area (Å²) in [5, 5.41) is 7.94. The van der Waals surface area contributed by atoms with Crippen LogP contribution < -0.4 is 29.6 Å². The summed E-state index contributed by atoms with van der Waals surface area (Å²) in [6.07, 6.45) is 0.277. The standard InChI is InChI=1S/C5H7NO2.Na.H/c1-5(7)8-4-2-3-6;;/h2,4H2,1H3;;/q;+1;-1. The van der Waals surface area contributed by atoms with Crippen LogP contribution in [0.25, 0.3) is 0 Å². The Kier molecular flexibility index (Phi) is 10.4. The van der Waals surface area contributed by atoms with Crippen molar-refractivity contribution in [2.45, 2.75) is 13.3 Å². The molecular formula is C5H8NNaO2. The van der Waals surface area contributed by atoms with E-state index < -0.39 is 0 Å². The molecule has 0 bridgehead atoms. The smallest absolute Gasteiger partial charge is 1.00 e. The molecule has 0 aliphatic rings. The van der Waals surface area contributed by atoms with Crippen LogP contribution in [0.4, 0.5) is 0 Å². The van der Waals surface area contributed by atoms with Gasteiger partial charge in [-0.1, -0.05) is 0 Å². The van der Waals surface area contributed by atoms with Crippen LogP contribution in [0.3, 0.4) is 0 Å². The second kappa shape index (κ2) is 7.96. The fourth-order valence-electron chi connectivity index (χ4n) is 0.240. The topological polar surface area (TPSA) is 50.1 Å². The molecule has 0 fully saturated rings. The zero-order chi connectivity index (χ0) is 6.41. The molecule has 0 atom stereocenters. The maximum absolute atomic E-state index is 9.99. The number of hydrogen-bond acceptors (Lipinski definition) is 3. The summed E-state index contributed by atoms with van der Waals surface area (Å²) in [6, 6.07) is 1.85. The van der Waals surface area contributed by atoms with Crippen molar-refractivity contribution in [1.29, 1.82) is 5.26 Å². The summed E-state index contributed by atoms with van der Waals surface area (Å²) in [5.41, 5.74) is 0. The van der Waals surface area contributed by atoms with Gasteiger partial charge in [0.15, 0.2) is 0 Å². The van der Waals surface area contributed by atoms with Gasteiger partial charge in [-0.3, -0.25) is 4.79 Å². The van der Waals surface area contributed by atoms with Crippen molar-refractivity contribution in [2.75, 3.05) is 6.61 Å². The predicted molar refractivity (Wildman–Crippen MR) is 28.0 cm³/mol. The molecule has 46 valence electrons. The van der Waals surface area contributed by atoms with Crippen LogP contribution in [0.15, 0.2) is 0 Å². The minimum absolute atomic E-state index is 0. The van der Waals surface area contributed by atoms with E-state index in [-0.39, 0.29) is 50.0 Å². The van der Waals surface area contributed by atoms with Gasteiger partial charge in [0.05, 0.1) is 12.5 Å². The molecule has 4 heteroatoms. The number of carbonyl (C=O) groups is 1. The third kappa shape index (κ3) is 11.5. The number of nitrogens with zero attached hydrogens (tertiary/aromatic N) is 1. The van der Waals surface area contributed by atoms with E-state index in [1.807, 2.05) is 6.07 Å². The summed E-state index contributed by atoms with van der Waals surface area (Å²) in [5.74, 6) is -0.333. The molecule has 0 rings (SSSR count). The van der Waals surface area contributed by atoms with Crippen molar-refractivity contribution in [3.8, 4) is 6.07 Å². The molecule has 0 aromatic heterocycles. The number of hydrogen-bond donors (Lipinski definition) is 0. The number of nitriles is 1.